The number of amides is 2. The Bertz CT molecular complexity index is 1410. The molecule has 0 unspecified atom stereocenters. The zero-order chi connectivity index (χ0) is 28.5. The lowest BCUT2D eigenvalue weighted by molar-refractivity contribution is -0.119. The van der Waals surface area contributed by atoms with Crippen LogP contribution >= 0.6 is 0 Å². The number of hydrogen-bond acceptors (Lipinski definition) is 4. The van der Waals surface area contributed by atoms with Crippen molar-refractivity contribution in [2.24, 2.45) is 5.73 Å². The van der Waals surface area contributed by atoms with Gasteiger partial charge < -0.3 is 20.5 Å². The predicted octanol–water partition coefficient (Wildman–Crippen LogP) is 5.97. The van der Waals surface area contributed by atoms with E-state index in [9.17, 15) is 9.59 Å². The highest BCUT2D eigenvalue weighted by atomic mass is 16.5. The van der Waals surface area contributed by atoms with Gasteiger partial charge in [0.15, 0.2) is 11.5 Å². The van der Waals surface area contributed by atoms with Crippen LogP contribution in [-0.4, -0.2) is 17.9 Å². The summed E-state index contributed by atoms with van der Waals surface area (Å²) in [6.07, 6.45) is 0.210. The van der Waals surface area contributed by atoms with Gasteiger partial charge in [0.25, 0.3) is 5.91 Å². The van der Waals surface area contributed by atoms with E-state index >= 15 is 0 Å². The lowest BCUT2D eigenvalue weighted by Crippen LogP contribution is -2.45. The molecular weight excluding hydrogens is 500 g/mol. The number of carbonyl (C=O) groups is 2. The molecule has 0 aliphatic carbocycles. The van der Waals surface area contributed by atoms with Crippen LogP contribution in [0.1, 0.15) is 53.4 Å². The lowest BCUT2D eigenvalue weighted by Gasteiger charge is -2.20. The van der Waals surface area contributed by atoms with Crippen LogP contribution in [0.25, 0.3) is 0 Å². The number of hydrogen-bond donors (Lipinski definition) is 2. The fourth-order valence-electron chi connectivity index (χ4n) is 4.20. The van der Waals surface area contributed by atoms with Crippen molar-refractivity contribution in [3.05, 3.63) is 131 Å². The average molecular weight is 537 g/mol. The van der Waals surface area contributed by atoms with Gasteiger partial charge in [-0.2, -0.15) is 0 Å². The van der Waals surface area contributed by atoms with Gasteiger partial charge in [0.2, 0.25) is 5.91 Å². The number of primary amides is 1. The summed E-state index contributed by atoms with van der Waals surface area (Å²) in [6, 6.07) is 31.7. The Labute approximate surface area is 236 Å². The number of carbonyl (C=O) groups excluding carboxylic acids is 2. The third-order valence-corrected chi connectivity index (χ3v) is 6.58. The molecule has 0 saturated heterocycles. The second kappa shape index (κ2) is 13.0. The maximum atomic E-state index is 12.9. The smallest absolute Gasteiger partial charge is 0.251 e. The van der Waals surface area contributed by atoms with Crippen molar-refractivity contribution >= 4 is 11.8 Å². The Hall–Kier alpha value is -4.58. The lowest BCUT2D eigenvalue weighted by atomic mass is 9.86. The summed E-state index contributed by atoms with van der Waals surface area (Å²) in [7, 11) is 0. The summed E-state index contributed by atoms with van der Waals surface area (Å²) in [5, 5.41) is 2.79. The van der Waals surface area contributed by atoms with E-state index in [-0.39, 0.29) is 17.7 Å². The molecule has 0 radical (unpaired) electrons. The fraction of sp³-hybridized carbons (Fsp3) is 0.235. The summed E-state index contributed by atoms with van der Waals surface area (Å²) in [5.41, 5.74) is 10.1. The molecule has 0 spiro atoms. The zero-order valence-electron chi connectivity index (χ0n) is 23.2. The molecule has 6 nitrogen and oxygen atoms in total. The molecule has 4 rings (SSSR count). The number of nitrogens with one attached hydrogen (secondary N) is 1. The molecule has 1 atom stereocenters. The zero-order valence-corrected chi connectivity index (χ0v) is 23.2. The number of nitrogens with two attached hydrogens (primary N) is 1. The first-order chi connectivity index (χ1) is 19.2. The maximum Gasteiger partial charge on any atom is 0.251 e. The van der Waals surface area contributed by atoms with E-state index in [4.69, 9.17) is 15.2 Å². The van der Waals surface area contributed by atoms with E-state index in [2.05, 4.69) is 26.1 Å². The third kappa shape index (κ3) is 7.96. The minimum atomic E-state index is -0.896. The van der Waals surface area contributed by atoms with Crippen LogP contribution in [0.2, 0.25) is 0 Å². The monoisotopic (exact) mass is 536 g/mol. The molecule has 3 N–H and O–H groups in total. The summed E-state index contributed by atoms with van der Waals surface area (Å²) in [6.45, 7) is 7.07. The van der Waals surface area contributed by atoms with Crippen LogP contribution in [0.15, 0.2) is 103 Å². The minimum Gasteiger partial charge on any atom is -0.485 e. The van der Waals surface area contributed by atoms with Crippen molar-refractivity contribution in [2.45, 2.75) is 51.9 Å². The molecule has 4 aromatic carbocycles. The van der Waals surface area contributed by atoms with E-state index in [1.54, 1.807) is 12.1 Å². The first kappa shape index (κ1) is 28.4. The average Bonchev–Trinajstić information content (AvgIpc) is 2.95. The molecule has 0 heterocycles. The minimum absolute atomic E-state index is 0.0258. The number of ether oxygens (including phenoxy) is 2. The molecule has 206 valence electrons. The predicted molar refractivity (Wildman–Crippen MR) is 157 cm³/mol. The van der Waals surface area contributed by atoms with Crippen molar-refractivity contribution in [2.75, 3.05) is 0 Å². The van der Waals surface area contributed by atoms with Crippen molar-refractivity contribution in [1.29, 1.82) is 0 Å². The Balaban J connectivity index is 1.50. The molecule has 2 amide bonds. The highest BCUT2D eigenvalue weighted by molar-refractivity contribution is 5.97. The van der Waals surface area contributed by atoms with Gasteiger partial charge in [-0.3, -0.25) is 9.59 Å². The summed E-state index contributed by atoms with van der Waals surface area (Å²) in [4.78, 5) is 25.3. The molecule has 0 aromatic heterocycles. The van der Waals surface area contributed by atoms with E-state index < -0.39 is 11.9 Å². The Morgan fingerprint density at radius 1 is 0.725 bits per heavy atom. The number of rotatable bonds is 11. The Morgan fingerprint density at radius 3 is 1.80 bits per heavy atom. The highest BCUT2D eigenvalue weighted by Crippen LogP contribution is 2.31. The maximum absolute atomic E-state index is 12.9. The quantitative estimate of drug-likeness (QED) is 0.247. The van der Waals surface area contributed by atoms with E-state index in [1.165, 1.54) is 0 Å². The molecular formula is C34H36N2O4. The van der Waals surface area contributed by atoms with Crippen LogP contribution in [-0.2, 0) is 29.8 Å². The summed E-state index contributed by atoms with van der Waals surface area (Å²) < 4.78 is 12.2. The second-order valence-electron chi connectivity index (χ2n) is 10.8. The van der Waals surface area contributed by atoms with Crippen LogP contribution in [0.4, 0.5) is 0 Å². The van der Waals surface area contributed by atoms with Gasteiger partial charge in [-0.15, -0.1) is 0 Å². The van der Waals surface area contributed by atoms with E-state index in [0.29, 0.717) is 30.3 Å². The molecule has 6 heteroatoms. The summed E-state index contributed by atoms with van der Waals surface area (Å²) >= 11 is 0. The molecule has 4 aromatic rings. The Morgan fingerprint density at radius 2 is 1.27 bits per heavy atom. The van der Waals surface area contributed by atoms with Gasteiger partial charge in [0.1, 0.15) is 19.3 Å². The van der Waals surface area contributed by atoms with Crippen LogP contribution in [0, 0.1) is 0 Å². The molecule has 40 heavy (non-hydrogen) atoms. The molecule has 0 fully saturated rings. The largest absolute Gasteiger partial charge is 0.485 e. The molecule has 0 bridgehead atoms. The van der Waals surface area contributed by atoms with Gasteiger partial charge in [0, 0.05) is 12.0 Å². The first-order valence-corrected chi connectivity index (χ1v) is 13.4. The van der Waals surface area contributed by atoms with Crippen molar-refractivity contribution in [3.63, 3.8) is 0 Å². The SMILES string of the molecule is CC(C)(C)c1ccc(C(=O)N[C@@H](Cc2ccc(OCc3ccccc3)c(OCc3ccccc3)c2)C(N)=O)cc1. The van der Waals surface area contributed by atoms with Gasteiger partial charge in [-0.1, -0.05) is 99.6 Å². The van der Waals surface area contributed by atoms with Gasteiger partial charge in [0.05, 0.1) is 0 Å². The van der Waals surface area contributed by atoms with Gasteiger partial charge in [-0.05, 0) is 51.9 Å². The van der Waals surface area contributed by atoms with Gasteiger partial charge in [-0.25, -0.2) is 0 Å². The third-order valence-electron chi connectivity index (χ3n) is 6.58. The molecule has 0 saturated carbocycles. The fourth-order valence-corrected chi connectivity index (χ4v) is 4.20. The Kier molecular flexibility index (Phi) is 9.23. The van der Waals surface area contributed by atoms with Crippen LogP contribution in [0.5, 0.6) is 11.5 Å². The van der Waals surface area contributed by atoms with Gasteiger partial charge >= 0.3 is 0 Å². The van der Waals surface area contributed by atoms with Crippen LogP contribution in [0.3, 0.4) is 0 Å². The molecule has 0 aliphatic rings. The highest BCUT2D eigenvalue weighted by Gasteiger charge is 2.21. The second-order valence-corrected chi connectivity index (χ2v) is 10.8. The normalized spacial score (nSPS) is 11.9. The van der Waals surface area contributed by atoms with Crippen LogP contribution < -0.4 is 20.5 Å². The van der Waals surface area contributed by atoms with Crippen molar-refractivity contribution < 1.29 is 19.1 Å². The standard InChI is InChI=1S/C34H36N2O4/c1-34(2,3)28-17-15-27(16-18-28)33(38)36-29(32(35)37)20-26-14-19-30(39-22-24-10-6-4-7-11-24)31(21-26)40-23-25-12-8-5-9-13-25/h4-19,21,29H,20,22-23H2,1-3H3,(H2,35,37)(H,36,38)/t29-/m0/s1. The van der Waals surface area contributed by atoms with E-state index in [1.807, 2.05) is 91.0 Å². The molecule has 0 aliphatic heterocycles. The number of benzene rings is 4. The summed E-state index contributed by atoms with van der Waals surface area (Å²) in [5.74, 6) is 0.162. The van der Waals surface area contributed by atoms with Crippen molar-refractivity contribution in [1.82, 2.24) is 5.32 Å². The van der Waals surface area contributed by atoms with E-state index in [0.717, 1.165) is 22.3 Å². The topological polar surface area (TPSA) is 90.7 Å². The first-order valence-electron chi connectivity index (χ1n) is 13.4. The van der Waals surface area contributed by atoms with Crippen molar-refractivity contribution in [3.8, 4) is 11.5 Å².